The molecule has 0 saturated carbocycles. The molecule has 132 valence electrons. The number of fused-ring (bicyclic) bond motifs is 1. The quantitative estimate of drug-likeness (QED) is 0.471. The number of carbonyl (C=O) groups excluding carboxylic acids is 1. The van der Waals surface area contributed by atoms with Crippen LogP contribution in [-0.2, 0) is 9.53 Å². The van der Waals surface area contributed by atoms with Crippen LogP contribution in [0.1, 0.15) is 26.3 Å². The molecule has 0 N–H and O–H groups in total. The van der Waals surface area contributed by atoms with Gasteiger partial charge >= 0.3 is 5.97 Å². The Morgan fingerprint density at radius 2 is 1.96 bits per heavy atom. The highest BCUT2D eigenvalue weighted by molar-refractivity contribution is 8.01. The standard InChI is InChI=1S/C19H17N3O2S2/c1-4-24-18(23)19(2,3)25-15-10-9-14-17(22-26-21-14)16(15)13-7-5-12(11-20)6-8-13/h5-10H,4H2,1-3H3. The van der Waals surface area contributed by atoms with Crippen LogP contribution in [0.5, 0.6) is 0 Å². The van der Waals surface area contributed by atoms with Crippen molar-refractivity contribution in [2.45, 2.75) is 30.4 Å². The molecule has 2 aromatic carbocycles. The van der Waals surface area contributed by atoms with Gasteiger partial charge in [-0.2, -0.15) is 14.0 Å². The highest BCUT2D eigenvalue weighted by Gasteiger charge is 2.32. The summed E-state index contributed by atoms with van der Waals surface area (Å²) in [6.07, 6.45) is 0. The summed E-state index contributed by atoms with van der Waals surface area (Å²) in [6.45, 7) is 5.84. The zero-order chi connectivity index (χ0) is 18.7. The molecule has 1 heterocycles. The van der Waals surface area contributed by atoms with E-state index in [-0.39, 0.29) is 5.97 Å². The van der Waals surface area contributed by atoms with Crippen LogP contribution in [0.4, 0.5) is 0 Å². The van der Waals surface area contributed by atoms with Gasteiger partial charge < -0.3 is 4.74 Å². The van der Waals surface area contributed by atoms with Crippen LogP contribution >= 0.6 is 23.5 Å². The molecule has 0 unspecified atom stereocenters. The van der Waals surface area contributed by atoms with E-state index in [4.69, 9.17) is 10.00 Å². The number of nitriles is 1. The minimum absolute atomic E-state index is 0.257. The number of hydrogen-bond donors (Lipinski definition) is 0. The molecule has 0 spiro atoms. The molecule has 5 nitrogen and oxygen atoms in total. The first-order valence-electron chi connectivity index (χ1n) is 8.08. The number of thioether (sulfide) groups is 1. The lowest BCUT2D eigenvalue weighted by Gasteiger charge is -2.23. The van der Waals surface area contributed by atoms with E-state index in [1.807, 2.05) is 38.1 Å². The lowest BCUT2D eigenvalue weighted by Crippen LogP contribution is -2.30. The summed E-state index contributed by atoms with van der Waals surface area (Å²) in [6, 6.07) is 13.3. The molecule has 3 rings (SSSR count). The fraction of sp³-hybridized carbons (Fsp3) is 0.263. The van der Waals surface area contributed by atoms with E-state index in [0.29, 0.717) is 12.2 Å². The number of benzene rings is 2. The molecular formula is C19H17N3O2S2. The van der Waals surface area contributed by atoms with Gasteiger partial charge in [-0.1, -0.05) is 12.1 Å². The number of hydrogen-bond acceptors (Lipinski definition) is 7. The van der Waals surface area contributed by atoms with E-state index in [9.17, 15) is 4.79 Å². The van der Waals surface area contributed by atoms with Crippen molar-refractivity contribution in [2.24, 2.45) is 0 Å². The van der Waals surface area contributed by atoms with Crippen molar-refractivity contribution in [2.75, 3.05) is 6.61 Å². The molecular weight excluding hydrogens is 366 g/mol. The van der Waals surface area contributed by atoms with Gasteiger partial charge in [-0.25, -0.2) is 0 Å². The van der Waals surface area contributed by atoms with Crippen LogP contribution < -0.4 is 0 Å². The van der Waals surface area contributed by atoms with E-state index in [1.165, 1.54) is 11.8 Å². The molecule has 0 saturated heterocycles. The molecule has 26 heavy (non-hydrogen) atoms. The zero-order valence-electron chi connectivity index (χ0n) is 14.6. The number of esters is 1. The van der Waals surface area contributed by atoms with Gasteiger partial charge in [0.25, 0.3) is 0 Å². The summed E-state index contributed by atoms with van der Waals surface area (Å²) < 4.78 is 13.2. The van der Waals surface area contributed by atoms with Gasteiger partial charge in [-0.05, 0) is 50.6 Å². The van der Waals surface area contributed by atoms with Gasteiger partial charge in [-0.3, -0.25) is 4.79 Å². The predicted octanol–water partition coefficient (Wildman–Crippen LogP) is 4.66. The normalized spacial score (nSPS) is 11.3. The Kier molecular flexibility index (Phi) is 5.25. The van der Waals surface area contributed by atoms with E-state index in [0.717, 1.165) is 38.8 Å². The first-order valence-corrected chi connectivity index (χ1v) is 9.63. The third-order valence-corrected chi connectivity index (χ3v) is 5.60. The second kappa shape index (κ2) is 7.44. The first-order chi connectivity index (χ1) is 12.5. The summed E-state index contributed by atoms with van der Waals surface area (Å²) in [5.41, 5.74) is 4.06. The van der Waals surface area contributed by atoms with E-state index < -0.39 is 4.75 Å². The average Bonchev–Trinajstić information content (AvgIpc) is 3.10. The Balaban J connectivity index is 2.11. The van der Waals surface area contributed by atoms with Gasteiger partial charge in [0.15, 0.2) is 0 Å². The molecule has 0 radical (unpaired) electrons. The van der Waals surface area contributed by atoms with Crippen LogP contribution in [0.15, 0.2) is 41.3 Å². The molecule has 0 amide bonds. The van der Waals surface area contributed by atoms with Crippen molar-refractivity contribution < 1.29 is 9.53 Å². The molecule has 0 aliphatic carbocycles. The lowest BCUT2D eigenvalue weighted by atomic mass is 10.0. The third-order valence-electron chi connectivity index (χ3n) is 3.82. The van der Waals surface area contributed by atoms with Gasteiger partial charge in [-0.15, -0.1) is 11.8 Å². The fourth-order valence-corrected chi connectivity index (χ4v) is 4.22. The monoisotopic (exact) mass is 383 g/mol. The highest BCUT2D eigenvalue weighted by atomic mass is 32.2. The third kappa shape index (κ3) is 3.57. The number of carbonyl (C=O) groups is 1. The van der Waals surface area contributed by atoms with Gasteiger partial charge in [0.2, 0.25) is 0 Å². The average molecular weight is 383 g/mol. The van der Waals surface area contributed by atoms with Crippen molar-refractivity contribution in [1.82, 2.24) is 8.75 Å². The smallest absolute Gasteiger partial charge is 0.321 e. The van der Waals surface area contributed by atoms with E-state index in [1.54, 1.807) is 19.1 Å². The van der Waals surface area contributed by atoms with E-state index in [2.05, 4.69) is 14.8 Å². The molecule has 0 fully saturated rings. The van der Waals surface area contributed by atoms with Gasteiger partial charge in [0.1, 0.15) is 15.8 Å². The summed E-state index contributed by atoms with van der Waals surface area (Å²) in [7, 11) is 0. The molecule has 0 aliphatic heterocycles. The van der Waals surface area contributed by atoms with Crippen molar-refractivity contribution in [3.05, 3.63) is 42.0 Å². The van der Waals surface area contributed by atoms with Crippen LogP contribution in [0.3, 0.4) is 0 Å². The molecule has 0 bridgehead atoms. The summed E-state index contributed by atoms with van der Waals surface area (Å²) in [5.74, 6) is -0.257. The Bertz CT molecular complexity index is 988. The largest absolute Gasteiger partial charge is 0.465 e. The highest BCUT2D eigenvalue weighted by Crippen LogP contribution is 2.42. The minimum atomic E-state index is -0.742. The Hall–Kier alpha value is -2.43. The van der Waals surface area contributed by atoms with Crippen LogP contribution in [0.2, 0.25) is 0 Å². The van der Waals surface area contributed by atoms with E-state index >= 15 is 0 Å². The maximum atomic E-state index is 12.3. The maximum Gasteiger partial charge on any atom is 0.321 e. The first kappa shape index (κ1) is 18.4. The number of nitrogens with zero attached hydrogens (tertiary/aromatic N) is 3. The van der Waals surface area contributed by atoms with Crippen LogP contribution in [-0.4, -0.2) is 26.1 Å². The topological polar surface area (TPSA) is 75.9 Å². The number of ether oxygens (including phenoxy) is 1. The zero-order valence-corrected chi connectivity index (χ0v) is 16.3. The second-order valence-electron chi connectivity index (χ2n) is 6.09. The van der Waals surface area contributed by atoms with Crippen molar-refractivity contribution in [3.8, 4) is 17.2 Å². The molecule has 1 aromatic heterocycles. The predicted molar refractivity (Wildman–Crippen MR) is 104 cm³/mol. The molecule has 0 atom stereocenters. The van der Waals surface area contributed by atoms with Crippen LogP contribution in [0.25, 0.3) is 22.2 Å². The van der Waals surface area contributed by atoms with Crippen molar-refractivity contribution in [1.29, 1.82) is 5.26 Å². The molecule has 0 aliphatic rings. The minimum Gasteiger partial charge on any atom is -0.465 e. The molecule has 3 aromatic rings. The number of aromatic nitrogens is 2. The SMILES string of the molecule is CCOC(=O)C(C)(C)Sc1ccc2nsnc2c1-c1ccc(C#N)cc1. The number of rotatable bonds is 5. The Labute approximate surface area is 160 Å². The van der Waals surface area contributed by atoms with Crippen LogP contribution in [0, 0.1) is 11.3 Å². The summed E-state index contributed by atoms with van der Waals surface area (Å²) in [4.78, 5) is 13.2. The summed E-state index contributed by atoms with van der Waals surface area (Å²) in [5, 5.41) is 9.03. The Morgan fingerprint density at radius 3 is 2.62 bits per heavy atom. The second-order valence-corrected chi connectivity index (χ2v) is 8.29. The summed E-state index contributed by atoms with van der Waals surface area (Å²) >= 11 is 2.60. The Morgan fingerprint density at radius 1 is 1.23 bits per heavy atom. The maximum absolute atomic E-state index is 12.3. The fourth-order valence-electron chi connectivity index (χ4n) is 2.53. The molecule has 7 heteroatoms. The van der Waals surface area contributed by atoms with Crippen molar-refractivity contribution in [3.63, 3.8) is 0 Å². The van der Waals surface area contributed by atoms with Gasteiger partial charge in [0, 0.05) is 10.5 Å². The van der Waals surface area contributed by atoms with Gasteiger partial charge in [0.05, 0.1) is 30.0 Å². The van der Waals surface area contributed by atoms with Crippen molar-refractivity contribution >= 4 is 40.5 Å². The lowest BCUT2D eigenvalue weighted by molar-refractivity contribution is -0.145.